The van der Waals surface area contributed by atoms with Gasteiger partial charge in [-0.05, 0) is 164 Å². The van der Waals surface area contributed by atoms with Crippen LogP contribution in [0.5, 0.6) is 0 Å². The van der Waals surface area contributed by atoms with E-state index in [9.17, 15) is 0 Å². The fourth-order valence-corrected chi connectivity index (χ4v) is 10.7. The van der Waals surface area contributed by atoms with Gasteiger partial charge in [0.05, 0.1) is 0 Å². The largest absolute Gasteiger partial charge is 0.310 e. The van der Waals surface area contributed by atoms with Gasteiger partial charge in [0.25, 0.3) is 0 Å². The average molecular weight is 887 g/mol. The molecule has 0 unspecified atom stereocenters. The molecule has 2 heteroatoms. The van der Waals surface area contributed by atoms with Crippen LogP contribution in [0.15, 0.2) is 170 Å². The standard InChI is InChI=1S/C66H66N2/c1-43-13-25-49(26-14-43)67(51-29-21-47(22-30-51)63(3,4)5)53-33-37-57-55-35-19-45(39-59(55)65(9,10)61(57)41-53)17-18-46-20-36-56-58-38-34-54(42-62(58)66(11,12)60(56)40-46)68(50-27-15-44(2)16-28-50)52-31-23-48(24-32-52)64(6,7)8/h13-42H,1-12H3/b18-17+. The molecule has 2 nitrogen and oxygen atoms in total. The lowest BCUT2D eigenvalue weighted by molar-refractivity contribution is 0.590. The fraction of sp³-hybridized carbons (Fsp3) is 0.242. The van der Waals surface area contributed by atoms with Gasteiger partial charge in [-0.25, -0.2) is 0 Å². The highest BCUT2D eigenvalue weighted by Gasteiger charge is 2.38. The molecule has 0 N–H and O–H groups in total. The van der Waals surface area contributed by atoms with E-state index in [0.29, 0.717) is 0 Å². The van der Waals surface area contributed by atoms with Gasteiger partial charge in [-0.1, -0.05) is 190 Å². The summed E-state index contributed by atoms with van der Waals surface area (Å²) in [5.74, 6) is 0. The third kappa shape index (κ3) is 7.98. The van der Waals surface area contributed by atoms with Gasteiger partial charge in [0, 0.05) is 45.0 Å². The average Bonchev–Trinajstić information content (AvgIpc) is 3.67. The highest BCUT2D eigenvalue weighted by Crippen LogP contribution is 2.53. The van der Waals surface area contributed by atoms with Crippen molar-refractivity contribution in [1.82, 2.24) is 0 Å². The smallest absolute Gasteiger partial charge is 0.0465 e. The summed E-state index contributed by atoms with van der Waals surface area (Å²) in [5, 5.41) is 0. The Balaban J connectivity index is 0.933. The molecule has 0 saturated carbocycles. The molecule has 2 aliphatic carbocycles. The van der Waals surface area contributed by atoms with Crippen LogP contribution in [-0.2, 0) is 21.7 Å². The Hall–Kier alpha value is -6.90. The number of anilines is 6. The molecule has 0 amide bonds. The Kier molecular flexibility index (Phi) is 10.8. The molecule has 0 aromatic heterocycles. The Morgan fingerprint density at radius 2 is 0.588 bits per heavy atom. The van der Waals surface area contributed by atoms with Crippen LogP contribution in [0.3, 0.4) is 0 Å². The van der Waals surface area contributed by atoms with E-state index >= 15 is 0 Å². The Morgan fingerprint density at radius 1 is 0.324 bits per heavy atom. The van der Waals surface area contributed by atoms with Crippen molar-refractivity contribution in [2.24, 2.45) is 0 Å². The van der Waals surface area contributed by atoms with Crippen molar-refractivity contribution in [2.45, 2.75) is 105 Å². The first kappa shape index (κ1) is 44.9. The van der Waals surface area contributed by atoms with Gasteiger partial charge in [0.1, 0.15) is 0 Å². The highest BCUT2D eigenvalue weighted by atomic mass is 15.1. The fourth-order valence-electron chi connectivity index (χ4n) is 10.7. The molecule has 10 rings (SSSR count). The lowest BCUT2D eigenvalue weighted by Crippen LogP contribution is -2.17. The van der Waals surface area contributed by atoms with Crippen LogP contribution in [0.4, 0.5) is 34.1 Å². The van der Waals surface area contributed by atoms with Gasteiger partial charge in [0.2, 0.25) is 0 Å². The molecule has 0 aliphatic heterocycles. The molecule has 68 heavy (non-hydrogen) atoms. The van der Waals surface area contributed by atoms with E-state index in [0.717, 1.165) is 22.7 Å². The molecular formula is C66H66N2. The van der Waals surface area contributed by atoms with Gasteiger partial charge < -0.3 is 9.80 Å². The van der Waals surface area contributed by atoms with E-state index in [1.807, 2.05) is 0 Å². The molecule has 0 saturated heterocycles. The van der Waals surface area contributed by atoms with E-state index in [1.54, 1.807) is 0 Å². The lowest BCUT2D eigenvalue weighted by Gasteiger charge is -2.29. The first-order valence-electron chi connectivity index (χ1n) is 24.5. The second-order valence-corrected chi connectivity index (χ2v) is 22.6. The maximum atomic E-state index is 2.43. The van der Waals surface area contributed by atoms with Gasteiger partial charge in [-0.15, -0.1) is 0 Å². The normalized spacial score (nSPS) is 14.4. The lowest BCUT2D eigenvalue weighted by atomic mass is 9.81. The number of hydrogen-bond acceptors (Lipinski definition) is 2. The van der Waals surface area contributed by atoms with Crippen molar-refractivity contribution in [1.29, 1.82) is 0 Å². The summed E-state index contributed by atoms with van der Waals surface area (Å²) in [6, 6.07) is 64.3. The topological polar surface area (TPSA) is 6.48 Å². The zero-order valence-electron chi connectivity index (χ0n) is 42.2. The summed E-state index contributed by atoms with van der Waals surface area (Å²) in [6.45, 7) is 27.5. The first-order chi connectivity index (χ1) is 32.3. The number of rotatable bonds is 8. The number of benzene rings is 8. The summed E-state index contributed by atoms with van der Waals surface area (Å²) >= 11 is 0. The molecule has 8 aromatic rings. The van der Waals surface area contributed by atoms with Gasteiger partial charge >= 0.3 is 0 Å². The Morgan fingerprint density at radius 3 is 0.897 bits per heavy atom. The minimum Gasteiger partial charge on any atom is -0.310 e. The van der Waals surface area contributed by atoms with Crippen LogP contribution in [0.1, 0.15) is 125 Å². The van der Waals surface area contributed by atoms with Crippen molar-refractivity contribution < 1.29 is 0 Å². The van der Waals surface area contributed by atoms with Crippen LogP contribution in [0.25, 0.3) is 34.4 Å². The van der Waals surface area contributed by atoms with E-state index in [-0.39, 0.29) is 21.7 Å². The van der Waals surface area contributed by atoms with E-state index < -0.39 is 0 Å². The number of fused-ring (bicyclic) bond motifs is 6. The number of hydrogen-bond donors (Lipinski definition) is 0. The molecule has 0 heterocycles. The van der Waals surface area contributed by atoms with Crippen molar-refractivity contribution in [3.05, 3.63) is 225 Å². The van der Waals surface area contributed by atoms with E-state index in [1.165, 1.54) is 89.3 Å². The summed E-state index contributed by atoms with van der Waals surface area (Å²) in [5.41, 5.74) is 25.2. The first-order valence-corrected chi connectivity index (χ1v) is 24.5. The molecule has 0 atom stereocenters. The van der Waals surface area contributed by atoms with E-state index in [4.69, 9.17) is 0 Å². The molecule has 2 aliphatic rings. The van der Waals surface area contributed by atoms with Crippen LogP contribution >= 0.6 is 0 Å². The molecule has 8 aromatic carbocycles. The predicted molar refractivity (Wildman–Crippen MR) is 293 cm³/mol. The summed E-state index contributed by atoms with van der Waals surface area (Å²) in [7, 11) is 0. The Bertz CT molecular complexity index is 3000. The molecule has 0 radical (unpaired) electrons. The summed E-state index contributed by atoms with van der Waals surface area (Å²) in [4.78, 5) is 4.81. The summed E-state index contributed by atoms with van der Waals surface area (Å²) in [6.07, 6.45) is 4.59. The minimum absolute atomic E-state index is 0.0902. The molecule has 340 valence electrons. The second-order valence-electron chi connectivity index (χ2n) is 22.6. The minimum atomic E-state index is -0.174. The van der Waals surface area contributed by atoms with Crippen molar-refractivity contribution in [2.75, 3.05) is 9.80 Å². The second kappa shape index (κ2) is 16.4. The number of aryl methyl sites for hydroxylation is 2. The quantitative estimate of drug-likeness (QED) is 0.140. The van der Waals surface area contributed by atoms with Gasteiger partial charge in [-0.3, -0.25) is 0 Å². The molecule has 0 fully saturated rings. The zero-order chi connectivity index (χ0) is 47.9. The zero-order valence-corrected chi connectivity index (χ0v) is 42.2. The molecular weight excluding hydrogens is 821 g/mol. The van der Waals surface area contributed by atoms with Gasteiger partial charge in [-0.2, -0.15) is 0 Å². The van der Waals surface area contributed by atoms with Crippen LogP contribution < -0.4 is 9.80 Å². The van der Waals surface area contributed by atoms with Crippen molar-refractivity contribution in [3.8, 4) is 22.3 Å². The van der Waals surface area contributed by atoms with Crippen LogP contribution in [0, 0.1) is 13.8 Å². The number of nitrogens with zero attached hydrogens (tertiary/aromatic N) is 2. The molecule has 0 spiro atoms. The van der Waals surface area contributed by atoms with Crippen molar-refractivity contribution in [3.63, 3.8) is 0 Å². The Labute approximate surface area is 406 Å². The highest BCUT2D eigenvalue weighted by molar-refractivity contribution is 5.89. The van der Waals surface area contributed by atoms with Crippen LogP contribution in [-0.4, -0.2) is 0 Å². The maximum Gasteiger partial charge on any atom is 0.0465 e. The van der Waals surface area contributed by atoms with Crippen LogP contribution in [0.2, 0.25) is 0 Å². The van der Waals surface area contributed by atoms with E-state index in [2.05, 4.69) is 275 Å². The third-order valence-corrected chi connectivity index (χ3v) is 14.9. The third-order valence-electron chi connectivity index (χ3n) is 14.9. The SMILES string of the molecule is Cc1ccc(N(c2ccc(C(C)(C)C)cc2)c2ccc3c(c2)C(C)(C)c2cc(/C=C/c4ccc5c(c4)C(C)(C)c4cc(N(c6ccc(C)cc6)c6ccc(C(C)(C)C)cc6)ccc4-5)ccc2-3)cc1. The van der Waals surface area contributed by atoms with Crippen molar-refractivity contribution >= 4 is 46.3 Å². The summed E-state index contributed by atoms with van der Waals surface area (Å²) < 4.78 is 0. The predicted octanol–water partition coefficient (Wildman–Crippen LogP) is 18.6. The molecule has 0 bridgehead atoms. The maximum absolute atomic E-state index is 2.43. The monoisotopic (exact) mass is 887 g/mol. The van der Waals surface area contributed by atoms with Gasteiger partial charge in [0.15, 0.2) is 0 Å².